The topological polar surface area (TPSA) is 35.5 Å². The molecule has 0 aliphatic rings. The third kappa shape index (κ3) is 2.51. The zero-order valence-corrected chi connectivity index (χ0v) is 17.8. The fraction of sp³-hybridized carbons (Fsp3) is 0.0690. The van der Waals surface area contributed by atoms with Gasteiger partial charge in [-0.25, -0.2) is 0 Å². The lowest BCUT2D eigenvalue weighted by atomic mass is 9.87. The summed E-state index contributed by atoms with van der Waals surface area (Å²) in [6.07, 6.45) is 0. The van der Waals surface area contributed by atoms with Gasteiger partial charge in [0.05, 0.1) is 19.8 Å². The van der Waals surface area contributed by atoms with Crippen LogP contribution in [-0.4, -0.2) is 20.0 Å². The van der Waals surface area contributed by atoms with Gasteiger partial charge in [0.1, 0.15) is 11.5 Å². The Morgan fingerprint density at radius 2 is 1.19 bits per heavy atom. The fourth-order valence-corrected chi connectivity index (χ4v) is 4.97. The number of fused-ring (bicyclic) bond motifs is 2. The van der Waals surface area contributed by atoms with Crippen LogP contribution >= 0.6 is 0 Å². The molecule has 0 unspecified atom stereocenters. The van der Waals surface area contributed by atoms with Crippen molar-refractivity contribution >= 4 is 48.9 Å². The van der Waals surface area contributed by atoms with Crippen LogP contribution in [0.1, 0.15) is 15.9 Å². The first kappa shape index (κ1) is 18.6. The van der Waals surface area contributed by atoms with E-state index >= 15 is 0 Å². The molecular formula is C29H20O3. The molecule has 154 valence electrons. The lowest BCUT2D eigenvalue weighted by Crippen LogP contribution is -2.05. The standard InChI is InChI=1S/C29H20O3/c1-31-18-12-13-25(26(16-18)32-2)29(30)24-15-14-23-20-9-4-7-17-6-3-8-19(27(17)20)21-10-5-11-22(24)28(21)23/h3-16H,1-2H3. The van der Waals surface area contributed by atoms with Crippen molar-refractivity contribution in [3.8, 4) is 11.5 Å². The van der Waals surface area contributed by atoms with Crippen molar-refractivity contribution in [1.29, 1.82) is 0 Å². The molecule has 0 aliphatic heterocycles. The van der Waals surface area contributed by atoms with Gasteiger partial charge in [-0.3, -0.25) is 4.79 Å². The van der Waals surface area contributed by atoms with Crippen molar-refractivity contribution in [2.24, 2.45) is 0 Å². The van der Waals surface area contributed by atoms with Crippen molar-refractivity contribution < 1.29 is 14.3 Å². The Morgan fingerprint density at radius 3 is 1.88 bits per heavy atom. The normalized spacial score (nSPS) is 11.6. The number of hydrogen-bond donors (Lipinski definition) is 0. The minimum Gasteiger partial charge on any atom is -0.497 e. The highest BCUT2D eigenvalue weighted by Gasteiger charge is 2.20. The van der Waals surface area contributed by atoms with E-state index in [9.17, 15) is 4.79 Å². The Morgan fingerprint density at radius 1 is 0.594 bits per heavy atom. The molecule has 0 fully saturated rings. The Balaban J connectivity index is 1.69. The Labute approximate surface area is 185 Å². The second kappa shape index (κ2) is 6.96. The molecule has 32 heavy (non-hydrogen) atoms. The van der Waals surface area contributed by atoms with Crippen LogP contribution in [-0.2, 0) is 0 Å². The van der Waals surface area contributed by atoms with E-state index in [-0.39, 0.29) is 5.78 Å². The summed E-state index contributed by atoms with van der Waals surface area (Å²) in [7, 11) is 3.17. The molecule has 0 aromatic heterocycles. The molecule has 0 bridgehead atoms. The summed E-state index contributed by atoms with van der Waals surface area (Å²) in [5.41, 5.74) is 1.19. The number of benzene rings is 6. The van der Waals surface area contributed by atoms with Crippen LogP contribution in [0.3, 0.4) is 0 Å². The number of methoxy groups -OCH3 is 2. The summed E-state index contributed by atoms with van der Waals surface area (Å²) in [5.74, 6) is 1.09. The van der Waals surface area contributed by atoms with Gasteiger partial charge in [-0.15, -0.1) is 0 Å². The summed E-state index contributed by atoms with van der Waals surface area (Å²) in [6, 6.07) is 28.4. The molecule has 3 heteroatoms. The van der Waals surface area contributed by atoms with Crippen LogP contribution in [0.25, 0.3) is 43.1 Å². The van der Waals surface area contributed by atoms with Crippen LogP contribution in [0.2, 0.25) is 0 Å². The molecule has 6 rings (SSSR count). The average molecular weight is 416 g/mol. The van der Waals surface area contributed by atoms with Gasteiger partial charge in [0.15, 0.2) is 5.78 Å². The van der Waals surface area contributed by atoms with E-state index in [2.05, 4.69) is 48.5 Å². The number of ketones is 1. The predicted molar refractivity (Wildman–Crippen MR) is 131 cm³/mol. The zero-order chi connectivity index (χ0) is 21.8. The molecular weight excluding hydrogens is 396 g/mol. The summed E-state index contributed by atoms with van der Waals surface area (Å²) in [4.78, 5) is 13.7. The molecule has 0 saturated carbocycles. The quantitative estimate of drug-likeness (QED) is 0.177. The number of ether oxygens (including phenoxy) is 2. The molecule has 0 N–H and O–H groups in total. The average Bonchev–Trinajstić information content (AvgIpc) is 2.86. The van der Waals surface area contributed by atoms with Gasteiger partial charge in [0, 0.05) is 11.6 Å². The molecule has 3 nitrogen and oxygen atoms in total. The highest BCUT2D eigenvalue weighted by atomic mass is 16.5. The molecule has 0 spiro atoms. The first-order chi connectivity index (χ1) is 15.7. The van der Waals surface area contributed by atoms with E-state index in [1.807, 2.05) is 18.2 Å². The highest BCUT2D eigenvalue weighted by Crippen LogP contribution is 2.41. The van der Waals surface area contributed by atoms with Gasteiger partial charge >= 0.3 is 0 Å². The maximum Gasteiger partial charge on any atom is 0.197 e. The van der Waals surface area contributed by atoms with E-state index in [1.54, 1.807) is 32.4 Å². The third-order valence-corrected chi connectivity index (χ3v) is 6.42. The van der Waals surface area contributed by atoms with Gasteiger partial charge in [-0.2, -0.15) is 0 Å². The fourth-order valence-electron chi connectivity index (χ4n) is 4.97. The lowest BCUT2D eigenvalue weighted by molar-refractivity contribution is 0.103. The van der Waals surface area contributed by atoms with E-state index in [0.717, 1.165) is 21.5 Å². The predicted octanol–water partition coefficient (Wildman–Crippen LogP) is 6.99. The third-order valence-electron chi connectivity index (χ3n) is 6.42. The van der Waals surface area contributed by atoms with Crippen LogP contribution in [0.5, 0.6) is 11.5 Å². The molecule has 0 amide bonds. The van der Waals surface area contributed by atoms with Crippen LogP contribution in [0, 0.1) is 0 Å². The molecule has 0 heterocycles. The van der Waals surface area contributed by atoms with E-state index in [4.69, 9.17) is 9.47 Å². The van der Waals surface area contributed by atoms with Crippen molar-refractivity contribution in [3.63, 3.8) is 0 Å². The molecule has 0 atom stereocenters. The summed E-state index contributed by atoms with van der Waals surface area (Å²) >= 11 is 0. The van der Waals surface area contributed by atoms with E-state index < -0.39 is 0 Å². The first-order valence-corrected chi connectivity index (χ1v) is 10.6. The molecule has 6 aromatic rings. The van der Waals surface area contributed by atoms with Crippen LogP contribution in [0.15, 0.2) is 84.9 Å². The summed E-state index contributed by atoms with van der Waals surface area (Å²) < 4.78 is 10.8. The zero-order valence-electron chi connectivity index (χ0n) is 17.8. The minimum absolute atomic E-state index is 0.0646. The van der Waals surface area contributed by atoms with Crippen LogP contribution in [0.4, 0.5) is 0 Å². The van der Waals surface area contributed by atoms with Crippen molar-refractivity contribution in [3.05, 3.63) is 96.1 Å². The van der Waals surface area contributed by atoms with Gasteiger partial charge < -0.3 is 9.47 Å². The van der Waals surface area contributed by atoms with Gasteiger partial charge in [-0.1, -0.05) is 60.7 Å². The summed E-state index contributed by atoms with van der Waals surface area (Å²) in [6.45, 7) is 0. The Bertz CT molecular complexity index is 1610. The van der Waals surface area contributed by atoms with E-state index in [1.165, 1.54) is 21.5 Å². The second-order valence-electron chi connectivity index (χ2n) is 7.99. The van der Waals surface area contributed by atoms with Crippen molar-refractivity contribution in [2.75, 3.05) is 14.2 Å². The van der Waals surface area contributed by atoms with E-state index in [0.29, 0.717) is 22.6 Å². The number of hydrogen-bond acceptors (Lipinski definition) is 3. The summed E-state index contributed by atoms with van der Waals surface area (Å²) in [5, 5.41) is 9.32. The Hall–Kier alpha value is -4.11. The van der Waals surface area contributed by atoms with Gasteiger partial charge in [-0.05, 0) is 61.3 Å². The SMILES string of the molecule is COc1ccc(C(=O)c2ccc3c4cccc5cccc(c6cccc2c63)c54)c(OC)c1. The largest absolute Gasteiger partial charge is 0.497 e. The monoisotopic (exact) mass is 416 g/mol. The van der Waals surface area contributed by atoms with Gasteiger partial charge in [0.25, 0.3) is 0 Å². The molecule has 0 saturated heterocycles. The second-order valence-corrected chi connectivity index (χ2v) is 7.99. The van der Waals surface area contributed by atoms with Gasteiger partial charge in [0.2, 0.25) is 0 Å². The smallest absolute Gasteiger partial charge is 0.197 e. The number of carbonyl (C=O) groups is 1. The first-order valence-electron chi connectivity index (χ1n) is 10.6. The van der Waals surface area contributed by atoms with Crippen molar-refractivity contribution in [1.82, 2.24) is 0 Å². The molecule has 6 aromatic carbocycles. The van der Waals surface area contributed by atoms with Crippen molar-refractivity contribution in [2.45, 2.75) is 0 Å². The molecule has 0 radical (unpaired) electrons. The van der Waals surface area contributed by atoms with Crippen LogP contribution < -0.4 is 9.47 Å². The highest BCUT2D eigenvalue weighted by molar-refractivity contribution is 6.35. The maximum absolute atomic E-state index is 13.7. The Kier molecular flexibility index (Phi) is 4.05. The molecule has 0 aliphatic carbocycles. The number of rotatable bonds is 4. The lowest BCUT2D eigenvalue weighted by Gasteiger charge is -2.16. The number of carbonyl (C=O) groups excluding carboxylic acids is 1. The maximum atomic E-state index is 13.7. The minimum atomic E-state index is -0.0646.